The molecule has 0 amide bonds. The van der Waals surface area contributed by atoms with Crippen LogP contribution in [0.1, 0.15) is 33.8 Å². The maximum absolute atomic E-state index is 12.4. The van der Waals surface area contributed by atoms with Crippen molar-refractivity contribution in [2.24, 2.45) is 0 Å². The number of H-pyrrole nitrogens is 1. The summed E-state index contributed by atoms with van der Waals surface area (Å²) in [5, 5.41) is 20.3. The molecule has 0 spiro atoms. The zero-order valence-corrected chi connectivity index (χ0v) is 14.9. The molecule has 0 bridgehead atoms. The molecule has 144 valence electrons. The van der Waals surface area contributed by atoms with Gasteiger partial charge in [-0.1, -0.05) is 6.07 Å². The van der Waals surface area contributed by atoms with Crippen LogP contribution in [0.15, 0.2) is 29.2 Å². The highest BCUT2D eigenvalue weighted by Crippen LogP contribution is 2.37. The second kappa shape index (κ2) is 8.26. The standard InChI is InChI=1S/C18H19NO8/c1-25-13-6-9(4-5-12(13)20)10(7-14(21)26-2)15-16(22)11(18(24)27-3)8-19-17(15)23/h4-6,8,10,20H,7H2,1-3H3,(H2,19,22,23). The van der Waals surface area contributed by atoms with Gasteiger partial charge in [-0.2, -0.15) is 0 Å². The number of methoxy groups -OCH3 is 3. The predicted molar refractivity (Wildman–Crippen MR) is 93.2 cm³/mol. The summed E-state index contributed by atoms with van der Waals surface area (Å²) in [5.41, 5.74) is -0.775. The van der Waals surface area contributed by atoms with Gasteiger partial charge in [0.05, 0.1) is 33.3 Å². The minimum atomic E-state index is -0.972. The molecule has 1 aromatic carbocycles. The number of rotatable bonds is 6. The van der Waals surface area contributed by atoms with E-state index >= 15 is 0 Å². The molecule has 27 heavy (non-hydrogen) atoms. The van der Waals surface area contributed by atoms with Gasteiger partial charge in [0, 0.05) is 12.1 Å². The first kappa shape index (κ1) is 19.8. The molecule has 2 aromatic rings. The van der Waals surface area contributed by atoms with Gasteiger partial charge in [-0.3, -0.25) is 9.59 Å². The van der Waals surface area contributed by atoms with E-state index in [9.17, 15) is 24.6 Å². The number of ether oxygens (including phenoxy) is 3. The van der Waals surface area contributed by atoms with Crippen LogP contribution in [0.25, 0.3) is 0 Å². The third kappa shape index (κ3) is 4.02. The molecule has 9 nitrogen and oxygen atoms in total. The van der Waals surface area contributed by atoms with Crippen LogP contribution in [0.2, 0.25) is 0 Å². The number of carbonyl (C=O) groups excluding carboxylic acids is 2. The molecular formula is C18H19NO8. The van der Waals surface area contributed by atoms with E-state index in [-0.39, 0.29) is 29.0 Å². The van der Waals surface area contributed by atoms with Crippen LogP contribution >= 0.6 is 0 Å². The normalized spacial score (nSPS) is 11.5. The monoisotopic (exact) mass is 377 g/mol. The first-order valence-corrected chi connectivity index (χ1v) is 7.80. The fraction of sp³-hybridized carbons (Fsp3) is 0.278. The number of phenols is 1. The van der Waals surface area contributed by atoms with Crippen LogP contribution in [0.5, 0.6) is 17.2 Å². The van der Waals surface area contributed by atoms with Crippen molar-refractivity contribution < 1.29 is 34.0 Å². The third-order valence-corrected chi connectivity index (χ3v) is 4.06. The minimum Gasteiger partial charge on any atom is -0.506 e. The summed E-state index contributed by atoms with van der Waals surface area (Å²) in [5.74, 6) is -3.10. The van der Waals surface area contributed by atoms with Crippen LogP contribution in [0.4, 0.5) is 0 Å². The van der Waals surface area contributed by atoms with Gasteiger partial charge in [-0.05, 0) is 17.7 Å². The summed E-state index contributed by atoms with van der Waals surface area (Å²) < 4.78 is 14.3. The molecule has 1 heterocycles. The van der Waals surface area contributed by atoms with Gasteiger partial charge in [0.1, 0.15) is 11.3 Å². The van der Waals surface area contributed by atoms with Crippen LogP contribution in [0.3, 0.4) is 0 Å². The van der Waals surface area contributed by atoms with Crippen LogP contribution in [-0.2, 0) is 14.3 Å². The van der Waals surface area contributed by atoms with Crippen molar-refractivity contribution in [2.75, 3.05) is 21.3 Å². The number of aromatic amines is 1. The SMILES string of the molecule is COC(=O)CC(c1ccc(O)c(OC)c1)c1c(O)c(C(=O)OC)c[nH]c1=O. The summed E-state index contributed by atoms with van der Waals surface area (Å²) in [4.78, 5) is 38.5. The number of aromatic nitrogens is 1. The summed E-state index contributed by atoms with van der Waals surface area (Å²) in [6.07, 6.45) is 0.727. The zero-order valence-electron chi connectivity index (χ0n) is 14.9. The molecule has 3 N–H and O–H groups in total. The summed E-state index contributed by atoms with van der Waals surface area (Å²) in [6, 6.07) is 4.22. The van der Waals surface area contributed by atoms with E-state index in [0.29, 0.717) is 5.56 Å². The van der Waals surface area contributed by atoms with Gasteiger partial charge in [0.2, 0.25) is 0 Å². The van der Waals surface area contributed by atoms with E-state index < -0.39 is 29.2 Å². The second-order valence-electron chi connectivity index (χ2n) is 5.55. The highest BCUT2D eigenvalue weighted by molar-refractivity contribution is 5.92. The van der Waals surface area contributed by atoms with Crippen LogP contribution < -0.4 is 10.3 Å². The molecule has 0 fully saturated rings. The number of carbonyl (C=O) groups is 2. The van der Waals surface area contributed by atoms with E-state index in [2.05, 4.69) is 14.5 Å². The van der Waals surface area contributed by atoms with Crippen molar-refractivity contribution in [2.45, 2.75) is 12.3 Å². The lowest BCUT2D eigenvalue weighted by molar-refractivity contribution is -0.140. The quantitative estimate of drug-likeness (QED) is 0.641. The Hall–Kier alpha value is -3.49. The van der Waals surface area contributed by atoms with Crippen molar-refractivity contribution in [3.05, 3.63) is 51.4 Å². The Morgan fingerprint density at radius 2 is 1.85 bits per heavy atom. The number of aromatic hydroxyl groups is 2. The number of pyridine rings is 1. The topological polar surface area (TPSA) is 135 Å². The van der Waals surface area contributed by atoms with Crippen LogP contribution in [0, 0.1) is 0 Å². The van der Waals surface area contributed by atoms with Crippen molar-refractivity contribution >= 4 is 11.9 Å². The molecule has 0 radical (unpaired) electrons. The predicted octanol–water partition coefficient (Wildman–Crippen LogP) is 1.28. The maximum Gasteiger partial charge on any atom is 0.343 e. The second-order valence-corrected chi connectivity index (χ2v) is 5.55. The van der Waals surface area contributed by atoms with Gasteiger partial charge in [-0.25, -0.2) is 4.79 Å². The molecule has 0 saturated carbocycles. The van der Waals surface area contributed by atoms with Gasteiger partial charge in [0.15, 0.2) is 11.5 Å². The third-order valence-electron chi connectivity index (χ3n) is 4.06. The van der Waals surface area contributed by atoms with Crippen molar-refractivity contribution in [1.29, 1.82) is 0 Å². The van der Waals surface area contributed by atoms with Crippen molar-refractivity contribution in [3.8, 4) is 17.2 Å². The van der Waals surface area contributed by atoms with E-state index in [1.54, 1.807) is 0 Å². The fourth-order valence-electron chi connectivity index (χ4n) is 2.67. The highest BCUT2D eigenvalue weighted by atomic mass is 16.5. The van der Waals surface area contributed by atoms with E-state index in [4.69, 9.17) is 4.74 Å². The average molecular weight is 377 g/mol. The van der Waals surface area contributed by atoms with Crippen LogP contribution in [-0.4, -0.2) is 48.5 Å². The van der Waals surface area contributed by atoms with E-state index in [1.165, 1.54) is 32.4 Å². The van der Waals surface area contributed by atoms with E-state index in [0.717, 1.165) is 13.3 Å². The molecule has 0 aliphatic rings. The lowest BCUT2D eigenvalue weighted by Crippen LogP contribution is -2.22. The smallest absolute Gasteiger partial charge is 0.343 e. The minimum absolute atomic E-state index is 0.113. The molecular weight excluding hydrogens is 358 g/mol. The fourth-order valence-corrected chi connectivity index (χ4v) is 2.67. The van der Waals surface area contributed by atoms with Gasteiger partial charge in [-0.15, -0.1) is 0 Å². The number of nitrogens with one attached hydrogen (secondary N) is 1. The Morgan fingerprint density at radius 3 is 2.44 bits per heavy atom. The number of benzene rings is 1. The Kier molecular flexibility index (Phi) is 6.07. The molecule has 0 saturated heterocycles. The number of hydrogen-bond acceptors (Lipinski definition) is 8. The molecule has 2 rings (SSSR count). The van der Waals surface area contributed by atoms with Crippen molar-refractivity contribution in [3.63, 3.8) is 0 Å². The van der Waals surface area contributed by atoms with Crippen molar-refractivity contribution in [1.82, 2.24) is 4.98 Å². The zero-order chi connectivity index (χ0) is 20.1. The molecule has 1 atom stereocenters. The molecule has 9 heteroatoms. The molecule has 0 aliphatic heterocycles. The highest BCUT2D eigenvalue weighted by Gasteiger charge is 2.28. The lowest BCUT2D eigenvalue weighted by Gasteiger charge is -2.19. The molecule has 1 aromatic heterocycles. The summed E-state index contributed by atoms with van der Waals surface area (Å²) in [7, 11) is 3.66. The van der Waals surface area contributed by atoms with Gasteiger partial charge >= 0.3 is 11.9 Å². The molecule has 1 unspecified atom stereocenters. The summed E-state index contributed by atoms with van der Waals surface area (Å²) >= 11 is 0. The Balaban J connectivity index is 2.70. The maximum atomic E-state index is 12.4. The largest absolute Gasteiger partial charge is 0.506 e. The summed E-state index contributed by atoms with van der Waals surface area (Å²) in [6.45, 7) is 0. The Morgan fingerprint density at radius 1 is 1.15 bits per heavy atom. The first-order valence-electron chi connectivity index (χ1n) is 7.80. The first-order chi connectivity index (χ1) is 12.8. The average Bonchev–Trinajstić information content (AvgIpc) is 2.66. The number of phenolic OH excluding ortho intramolecular Hbond substituents is 1. The lowest BCUT2D eigenvalue weighted by atomic mass is 9.87. The molecule has 0 aliphatic carbocycles. The van der Waals surface area contributed by atoms with Gasteiger partial charge in [0.25, 0.3) is 5.56 Å². The number of hydrogen-bond donors (Lipinski definition) is 3. The number of esters is 2. The Labute approximate surface area is 154 Å². The Bertz CT molecular complexity index is 918. The van der Waals surface area contributed by atoms with Gasteiger partial charge < -0.3 is 29.4 Å². The van der Waals surface area contributed by atoms with E-state index in [1.807, 2.05) is 0 Å².